The number of sulfonamides is 1. The molecule has 0 aromatic heterocycles. The van der Waals surface area contributed by atoms with Crippen LogP contribution in [-0.4, -0.2) is 52.0 Å². The van der Waals surface area contributed by atoms with E-state index in [2.05, 4.69) is 0 Å². The highest BCUT2D eigenvalue weighted by atomic mass is 32.2. The molecule has 0 unspecified atom stereocenters. The standard InChI is InChI=1S/C25H26N2O5S/c1-31-21-11-13-22(14-12-21)33(29,30)26(16-15-20-7-3-2-4-8-20)19-25(28)27-17-18-32-24-10-6-5-9-23(24)27/h2-14H,15-19H2,1H3. The number of nitrogens with zero attached hydrogens (tertiary/aromatic N) is 2. The topological polar surface area (TPSA) is 76.2 Å². The lowest BCUT2D eigenvalue weighted by atomic mass is 10.1. The molecule has 0 aliphatic carbocycles. The number of benzene rings is 3. The van der Waals surface area contributed by atoms with Crippen LogP contribution in [0.1, 0.15) is 5.56 Å². The average Bonchev–Trinajstić information content (AvgIpc) is 2.86. The number of carbonyl (C=O) groups is 1. The molecule has 3 aromatic rings. The first-order valence-corrected chi connectivity index (χ1v) is 12.1. The Hall–Kier alpha value is -3.36. The molecule has 1 amide bonds. The fraction of sp³-hybridized carbons (Fsp3) is 0.240. The van der Waals surface area contributed by atoms with Gasteiger partial charge in [-0.15, -0.1) is 0 Å². The number of amides is 1. The average molecular weight is 467 g/mol. The van der Waals surface area contributed by atoms with E-state index in [1.807, 2.05) is 42.5 Å². The minimum Gasteiger partial charge on any atom is -0.497 e. The number of fused-ring (bicyclic) bond motifs is 1. The van der Waals surface area contributed by atoms with E-state index in [1.165, 1.54) is 23.5 Å². The SMILES string of the molecule is COc1ccc(S(=O)(=O)N(CCc2ccccc2)CC(=O)N2CCOc3ccccc32)cc1. The number of ether oxygens (including phenoxy) is 2. The summed E-state index contributed by atoms with van der Waals surface area (Å²) in [7, 11) is -2.39. The van der Waals surface area contributed by atoms with Crippen molar-refractivity contribution in [1.29, 1.82) is 0 Å². The second-order valence-electron chi connectivity index (χ2n) is 7.61. The van der Waals surface area contributed by atoms with E-state index in [1.54, 1.807) is 29.2 Å². The molecule has 172 valence electrons. The second-order valence-corrected chi connectivity index (χ2v) is 9.55. The first-order valence-electron chi connectivity index (χ1n) is 10.7. The van der Waals surface area contributed by atoms with Crippen molar-refractivity contribution in [2.45, 2.75) is 11.3 Å². The molecular weight excluding hydrogens is 440 g/mol. The van der Waals surface area contributed by atoms with E-state index >= 15 is 0 Å². The monoisotopic (exact) mass is 466 g/mol. The lowest BCUT2D eigenvalue weighted by Gasteiger charge is -2.31. The van der Waals surface area contributed by atoms with Crippen LogP contribution in [-0.2, 0) is 21.2 Å². The molecule has 0 fully saturated rings. The molecule has 0 bridgehead atoms. The van der Waals surface area contributed by atoms with Gasteiger partial charge in [-0.3, -0.25) is 4.79 Å². The molecule has 0 atom stereocenters. The Morgan fingerprint density at radius 3 is 2.42 bits per heavy atom. The summed E-state index contributed by atoms with van der Waals surface area (Å²) >= 11 is 0. The van der Waals surface area contributed by atoms with Gasteiger partial charge in [0.2, 0.25) is 15.9 Å². The molecule has 7 nitrogen and oxygen atoms in total. The smallest absolute Gasteiger partial charge is 0.243 e. The van der Waals surface area contributed by atoms with Crippen LogP contribution in [0.3, 0.4) is 0 Å². The molecule has 0 radical (unpaired) electrons. The van der Waals surface area contributed by atoms with Crippen molar-refractivity contribution in [3.63, 3.8) is 0 Å². The number of para-hydroxylation sites is 2. The molecule has 8 heteroatoms. The van der Waals surface area contributed by atoms with E-state index in [0.717, 1.165) is 5.56 Å². The third-order valence-corrected chi connectivity index (χ3v) is 7.39. The van der Waals surface area contributed by atoms with Crippen LogP contribution in [0.15, 0.2) is 83.8 Å². The first kappa shape index (κ1) is 22.8. The quantitative estimate of drug-likeness (QED) is 0.509. The molecule has 1 aliphatic rings. The molecule has 1 aliphatic heterocycles. The van der Waals surface area contributed by atoms with Gasteiger partial charge < -0.3 is 14.4 Å². The maximum Gasteiger partial charge on any atom is 0.243 e. The molecule has 33 heavy (non-hydrogen) atoms. The second kappa shape index (κ2) is 10.1. The Labute approximate surface area is 194 Å². The van der Waals surface area contributed by atoms with Crippen molar-refractivity contribution >= 4 is 21.6 Å². The molecule has 0 saturated heterocycles. The summed E-state index contributed by atoms with van der Waals surface area (Å²) in [6.45, 7) is 0.634. The summed E-state index contributed by atoms with van der Waals surface area (Å²) in [4.78, 5) is 15.0. The van der Waals surface area contributed by atoms with E-state index in [4.69, 9.17) is 9.47 Å². The van der Waals surface area contributed by atoms with Crippen LogP contribution in [0.25, 0.3) is 0 Å². The zero-order valence-electron chi connectivity index (χ0n) is 18.4. The fourth-order valence-corrected chi connectivity index (χ4v) is 5.13. The molecule has 0 N–H and O–H groups in total. The summed E-state index contributed by atoms with van der Waals surface area (Å²) in [5.41, 5.74) is 1.65. The molecule has 3 aromatic carbocycles. The van der Waals surface area contributed by atoms with Gasteiger partial charge in [0.1, 0.15) is 18.1 Å². The van der Waals surface area contributed by atoms with Crippen LogP contribution in [0.2, 0.25) is 0 Å². The van der Waals surface area contributed by atoms with Crippen molar-refractivity contribution in [2.24, 2.45) is 0 Å². The van der Waals surface area contributed by atoms with Crippen LogP contribution >= 0.6 is 0 Å². The number of anilines is 1. The van der Waals surface area contributed by atoms with Gasteiger partial charge in [-0.2, -0.15) is 4.31 Å². The van der Waals surface area contributed by atoms with E-state index < -0.39 is 10.0 Å². The zero-order chi connectivity index (χ0) is 23.3. The lowest BCUT2D eigenvalue weighted by Crippen LogP contribution is -2.46. The van der Waals surface area contributed by atoms with Gasteiger partial charge in [-0.25, -0.2) is 8.42 Å². The Kier molecular flexibility index (Phi) is 6.96. The third-order valence-electron chi connectivity index (χ3n) is 5.53. The highest BCUT2D eigenvalue weighted by Crippen LogP contribution is 2.31. The fourth-order valence-electron chi connectivity index (χ4n) is 3.74. The Balaban J connectivity index is 1.60. The van der Waals surface area contributed by atoms with Gasteiger partial charge in [0.05, 0.1) is 30.8 Å². The maximum absolute atomic E-state index is 13.5. The number of hydrogen-bond acceptors (Lipinski definition) is 5. The molecule has 0 spiro atoms. The molecule has 0 saturated carbocycles. The number of rotatable bonds is 8. The summed E-state index contributed by atoms with van der Waals surface area (Å²) in [6, 6.07) is 23.1. The summed E-state index contributed by atoms with van der Waals surface area (Å²) in [6.07, 6.45) is 0.489. The molecule has 1 heterocycles. The highest BCUT2D eigenvalue weighted by Gasteiger charge is 2.30. The van der Waals surface area contributed by atoms with Gasteiger partial charge in [0, 0.05) is 6.54 Å². The number of methoxy groups -OCH3 is 1. The predicted molar refractivity (Wildman–Crippen MR) is 126 cm³/mol. The van der Waals surface area contributed by atoms with E-state index in [9.17, 15) is 13.2 Å². The number of hydrogen-bond donors (Lipinski definition) is 0. The minimum atomic E-state index is -3.91. The van der Waals surface area contributed by atoms with Crippen LogP contribution in [0.5, 0.6) is 11.5 Å². The molecule has 4 rings (SSSR count). The largest absolute Gasteiger partial charge is 0.497 e. The summed E-state index contributed by atoms with van der Waals surface area (Å²) in [5, 5.41) is 0. The van der Waals surface area contributed by atoms with Gasteiger partial charge in [0.25, 0.3) is 0 Å². The van der Waals surface area contributed by atoms with Crippen molar-refractivity contribution < 1.29 is 22.7 Å². The van der Waals surface area contributed by atoms with E-state index in [-0.39, 0.29) is 23.9 Å². The van der Waals surface area contributed by atoms with Crippen LogP contribution < -0.4 is 14.4 Å². The zero-order valence-corrected chi connectivity index (χ0v) is 19.2. The van der Waals surface area contributed by atoms with Gasteiger partial charge in [-0.05, 0) is 48.4 Å². The lowest BCUT2D eigenvalue weighted by molar-refractivity contribution is -0.119. The Bertz CT molecular complexity index is 1200. The normalized spacial score (nSPS) is 13.3. The van der Waals surface area contributed by atoms with Gasteiger partial charge in [-0.1, -0.05) is 42.5 Å². The van der Waals surface area contributed by atoms with Crippen molar-refractivity contribution in [2.75, 3.05) is 38.3 Å². The predicted octanol–water partition coefficient (Wildman–Crippen LogP) is 3.35. The van der Waals surface area contributed by atoms with E-state index in [0.29, 0.717) is 36.8 Å². The van der Waals surface area contributed by atoms with Gasteiger partial charge >= 0.3 is 0 Å². The third kappa shape index (κ3) is 5.18. The minimum absolute atomic E-state index is 0.117. The van der Waals surface area contributed by atoms with Crippen molar-refractivity contribution in [1.82, 2.24) is 4.31 Å². The summed E-state index contributed by atoms with van der Waals surface area (Å²) < 4.78 is 39.0. The Morgan fingerprint density at radius 2 is 1.70 bits per heavy atom. The Morgan fingerprint density at radius 1 is 1.00 bits per heavy atom. The van der Waals surface area contributed by atoms with Crippen molar-refractivity contribution in [3.05, 3.63) is 84.4 Å². The highest BCUT2D eigenvalue weighted by molar-refractivity contribution is 7.89. The summed E-state index contributed by atoms with van der Waals surface area (Å²) in [5.74, 6) is 0.882. The number of carbonyl (C=O) groups excluding carboxylic acids is 1. The maximum atomic E-state index is 13.5. The van der Waals surface area contributed by atoms with Crippen molar-refractivity contribution in [3.8, 4) is 11.5 Å². The molecular formula is C25H26N2O5S. The van der Waals surface area contributed by atoms with Crippen LogP contribution in [0, 0.1) is 0 Å². The first-order chi connectivity index (χ1) is 16.0. The van der Waals surface area contributed by atoms with Gasteiger partial charge in [0.15, 0.2) is 0 Å². The van der Waals surface area contributed by atoms with Crippen LogP contribution in [0.4, 0.5) is 5.69 Å².